The minimum Gasteiger partial charge on any atom is -0.338 e. The Morgan fingerprint density at radius 2 is 1.83 bits per heavy atom. The first-order valence-electron chi connectivity index (χ1n) is 7.39. The van der Waals surface area contributed by atoms with Crippen LogP contribution in [0.4, 0.5) is 10.1 Å². The van der Waals surface area contributed by atoms with E-state index in [1.807, 2.05) is 30.3 Å². The third kappa shape index (κ3) is 5.54. The number of hydrogen-bond acceptors (Lipinski definition) is 2. The maximum Gasteiger partial charge on any atom is 0.226 e. The second-order valence-corrected chi connectivity index (χ2v) is 5.23. The van der Waals surface area contributed by atoms with Gasteiger partial charge >= 0.3 is 0 Å². The van der Waals surface area contributed by atoms with Crippen LogP contribution in [0.25, 0.3) is 0 Å². The number of benzene rings is 2. The number of carbonyl (C=O) groups is 2. The second-order valence-electron chi connectivity index (χ2n) is 5.23. The van der Waals surface area contributed by atoms with Crippen molar-refractivity contribution in [3.8, 4) is 0 Å². The van der Waals surface area contributed by atoms with Crippen molar-refractivity contribution in [2.75, 3.05) is 11.9 Å². The van der Waals surface area contributed by atoms with Gasteiger partial charge in [-0.3, -0.25) is 9.59 Å². The fourth-order valence-electron chi connectivity index (χ4n) is 2.18. The minimum absolute atomic E-state index is 0.0904. The Balaban J connectivity index is 1.88. The van der Waals surface area contributed by atoms with Gasteiger partial charge in [0.1, 0.15) is 5.82 Å². The molecule has 0 heterocycles. The zero-order valence-electron chi connectivity index (χ0n) is 13.0. The van der Waals surface area contributed by atoms with E-state index < -0.39 is 5.82 Å². The highest BCUT2D eigenvalue weighted by atomic mass is 19.1. The van der Waals surface area contributed by atoms with E-state index in [1.54, 1.807) is 11.0 Å². The molecule has 23 heavy (non-hydrogen) atoms. The Morgan fingerprint density at radius 3 is 2.48 bits per heavy atom. The maximum absolute atomic E-state index is 13.1. The first kappa shape index (κ1) is 16.7. The lowest BCUT2D eigenvalue weighted by Gasteiger charge is -2.21. The summed E-state index contributed by atoms with van der Waals surface area (Å²) in [6, 6.07) is 15.3. The molecule has 0 aliphatic carbocycles. The molecule has 2 amide bonds. The van der Waals surface area contributed by atoms with Crippen LogP contribution >= 0.6 is 0 Å². The van der Waals surface area contributed by atoms with Crippen LogP contribution < -0.4 is 5.32 Å². The van der Waals surface area contributed by atoms with E-state index in [-0.39, 0.29) is 18.2 Å². The standard InChI is InChI=1S/C18H19FN2O2/c1-14(22)21(13-15-6-3-2-4-7-15)11-10-18(23)20-17-9-5-8-16(19)12-17/h2-9,12H,10-11,13H2,1H3,(H,20,23). The Bertz CT molecular complexity index is 674. The Hall–Kier alpha value is -2.69. The topological polar surface area (TPSA) is 49.4 Å². The Morgan fingerprint density at radius 1 is 1.09 bits per heavy atom. The summed E-state index contributed by atoms with van der Waals surface area (Å²) in [7, 11) is 0. The summed E-state index contributed by atoms with van der Waals surface area (Å²) >= 11 is 0. The summed E-state index contributed by atoms with van der Waals surface area (Å²) in [4.78, 5) is 25.3. The Kier molecular flexibility index (Phi) is 5.86. The molecule has 0 fully saturated rings. The van der Waals surface area contributed by atoms with Crippen LogP contribution in [-0.4, -0.2) is 23.3 Å². The molecule has 0 radical (unpaired) electrons. The van der Waals surface area contributed by atoms with Crippen molar-refractivity contribution in [3.63, 3.8) is 0 Å². The van der Waals surface area contributed by atoms with Gasteiger partial charge in [0, 0.05) is 32.1 Å². The van der Waals surface area contributed by atoms with Crippen LogP contribution in [0.1, 0.15) is 18.9 Å². The zero-order valence-corrected chi connectivity index (χ0v) is 13.0. The van der Waals surface area contributed by atoms with E-state index in [2.05, 4.69) is 5.32 Å². The van der Waals surface area contributed by atoms with Crippen molar-refractivity contribution in [1.82, 2.24) is 4.90 Å². The average molecular weight is 314 g/mol. The highest BCUT2D eigenvalue weighted by Gasteiger charge is 2.12. The number of anilines is 1. The molecule has 2 aromatic carbocycles. The number of amides is 2. The van der Waals surface area contributed by atoms with E-state index in [1.165, 1.54) is 25.1 Å². The number of rotatable bonds is 6. The van der Waals surface area contributed by atoms with E-state index in [0.717, 1.165) is 5.56 Å². The lowest BCUT2D eigenvalue weighted by molar-refractivity contribution is -0.129. The summed E-state index contributed by atoms with van der Waals surface area (Å²) in [5.41, 5.74) is 1.42. The third-order valence-corrected chi connectivity index (χ3v) is 3.38. The number of carbonyl (C=O) groups excluding carboxylic acids is 2. The summed E-state index contributed by atoms with van der Waals surface area (Å²) in [5.74, 6) is -0.750. The van der Waals surface area contributed by atoms with Crippen molar-refractivity contribution in [1.29, 1.82) is 0 Å². The van der Waals surface area contributed by atoms with E-state index in [9.17, 15) is 14.0 Å². The van der Waals surface area contributed by atoms with Crippen LogP contribution in [0.3, 0.4) is 0 Å². The molecule has 120 valence electrons. The predicted molar refractivity (Wildman–Crippen MR) is 87.2 cm³/mol. The second kappa shape index (κ2) is 8.08. The first-order valence-corrected chi connectivity index (χ1v) is 7.39. The minimum atomic E-state index is -0.405. The molecule has 2 rings (SSSR count). The molecule has 0 aliphatic rings. The molecule has 0 aromatic heterocycles. The molecule has 4 nitrogen and oxygen atoms in total. The molecule has 5 heteroatoms. The van der Waals surface area contributed by atoms with Gasteiger partial charge < -0.3 is 10.2 Å². The highest BCUT2D eigenvalue weighted by molar-refractivity contribution is 5.91. The third-order valence-electron chi connectivity index (χ3n) is 3.38. The van der Waals surface area contributed by atoms with Gasteiger partial charge in [-0.05, 0) is 23.8 Å². The van der Waals surface area contributed by atoms with Crippen molar-refractivity contribution >= 4 is 17.5 Å². The van der Waals surface area contributed by atoms with Crippen LogP contribution in [0, 0.1) is 5.82 Å². The molecule has 0 bridgehead atoms. The molecule has 2 aromatic rings. The van der Waals surface area contributed by atoms with Crippen molar-refractivity contribution < 1.29 is 14.0 Å². The first-order chi connectivity index (χ1) is 11.0. The van der Waals surface area contributed by atoms with E-state index in [0.29, 0.717) is 18.8 Å². The molecule has 0 saturated carbocycles. The number of nitrogens with zero attached hydrogens (tertiary/aromatic N) is 1. The molecular weight excluding hydrogens is 295 g/mol. The van der Waals surface area contributed by atoms with Crippen molar-refractivity contribution in [2.45, 2.75) is 19.9 Å². The normalized spacial score (nSPS) is 10.2. The molecule has 0 atom stereocenters. The monoisotopic (exact) mass is 314 g/mol. The molecular formula is C18H19FN2O2. The van der Waals surface area contributed by atoms with Gasteiger partial charge in [-0.15, -0.1) is 0 Å². The van der Waals surface area contributed by atoms with Gasteiger partial charge in [0.25, 0.3) is 0 Å². The fraction of sp³-hybridized carbons (Fsp3) is 0.222. The largest absolute Gasteiger partial charge is 0.338 e. The summed E-state index contributed by atoms with van der Waals surface area (Å²) < 4.78 is 13.1. The molecule has 0 spiro atoms. The molecule has 0 saturated heterocycles. The van der Waals surface area contributed by atoms with Gasteiger partial charge in [0.2, 0.25) is 11.8 Å². The van der Waals surface area contributed by atoms with Gasteiger partial charge in [0.05, 0.1) is 0 Å². The fourth-order valence-corrected chi connectivity index (χ4v) is 2.18. The lowest BCUT2D eigenvalue weighted by atomic mass is 10.2. The van der Waals surface area contributed by atoms with Crippen LogP contribution in [0.2, 0.25) is 0 Å². The van der Waals surface area contributed by atoms with Gasteiger partial charge in [-0.25, -0.2) is 4.39 Å². The number of nitrogens with one attached hydrogen (secondary N) is 1. The lowest BCUT2D eigenvalue weighted by Crippen LogP contribution is -2.31. The maximum atomic E-state index is 13.1. The number of halogens is 1. The predicted octanol–water partition coefficient (Wildman–Crippen LogP) is 3.20. The quantitative estimate of drug-likeness (QED) is 0.890. The zero-order chi connectivity index (χ0) is 16.7. The van der Waals surface area contributed by atoms with Gasteiger partial charge in [0.15, 0.2) is 0 Å². The van der Waals surface area contributed by atoms with Crippen molar-refractivity contribution in [2.24, 2.45) is 0 Å². The Labute approximate surface area is 134 Å². The smallest absolute Gasteiger partial charge is 0.226 e. The summed E-state index contributed by atoms with van der Waals surface area (Å²) in [5, 5.41) is 2.62. The van der Waals surface area contributed by atoms with Gasteiger partial charge in [-0.2, -0.15) is 0 Å². The number of hydrogen-bond donors (Lipinski definition) is 1. The van der Waals surface area contributed by atoms with E-state index >= 15 is 0 Å². The van der Waals surface area contributed by atoms with Crippen molar-refractivity contribution in [3.05, 3.63) is 66.0 Å². The SMILES string of the molecule is CC(=O)N(CCC(=O)Nc1cccc(F)c1)Cc1ccccc1. The average Bonchev–Trinajstić information content (AvgIpc) is 2.52. The molecule has 0 aliphatic heterocycles. The summed E-state index contributed by atoms with van der Waals surface area (Å²) in [6.07, 6.45) is 0.156. The molecule has 0 unspecified atom stereocenters. The van der Waals surface area contributed by atoms with E-state index in [4.69, 9.17) is 0 Å². The van der Waals surface area contributed by atoms with Crippen LogP contribution in [0.5, 0.6) is 0 Å². The van der Waals surface area contributed by atoms with Gasteiger partial charge in [-0.1, -0.05) is 36.4 Å². The highest BCUT2D eigenvalue weighted by Crippen LogP contribution is 2.10. The summed E-state index contributed by atoms with van der Waals surface area (Å²) in [6.45, 7) is 2.25. The molecule has 1 N–H and O–H groups in total. The van der Waals surface area contributed by atoms with Crippen LogP contribution in [0.15, 0.2) is 54.6 Å². The van der Waals surface area contributed by atoms with Crippen LogP contribution in [-0.2, 0) is 16.1 Å².